The van der Waals surface area contributed by atoms with E-state index in [-0.39, 0.29) is 11.3 Å². The van der Waals surface area contributed by atoms with E-state index < -0.39 is 11.9 Å². The highest BCUT2D eigenvalue weighted by Crippen LogP contribution is 2.29. The van der Waals surface area contributed by atoms with Gasteiger partial charge in [0.15, 0.2) is 5.58 Å². The molecule has 1 aliphatic heterocycles. The number of benzene rings is 1. The Morgan fingerprint density at radius 1 is 1.12 bits per heavy atom. The van der Waals surface area contributed by atoms with E-state index in [9.17, 15) is 9.59 Å². The van der Waals surface area contributed by atoms with E-state index in [2.05, 4.69) is 5.16 Å². The number of methoxy groups -OCH3 is 2. The fourth-order valence-corrected chi connectivity index (χ4v) is 2.36. The molecule has 0 unspecified atom stereocenters. The Hall–Kier alpha value is -3.35. The van der Waals surface area contributed by atoms with Gasteiger partial charge in [0.05, 0.1) is 26.0 Å². The van der Waals surface area contributed by atoms with Gasteiger partial charge in [-0.2, -0.15) is 0 Å². The van der Waals surface area contributed by atoms with Crippen molar-refractivity contribution in [3.05, 3.63) is 60.1 Å². The van der Waals surface area contributed by atoms with Crippen LogP contribution in [-0.2, 0) is 19.1 Å². The second-order valence-electron chi connectivity index (χ2n) is 4.86. The summed E-state index contributed by atoms with van der Waals surface area (Å²) in [5, 5.41) is 4.56. The number of anilines is 1. The molecule has 7 heteroatoms. The maximum absolute atomic E-state index is 12.3. The number of carbonyl (C=O) groups is 2. The number of carbonyl (C=O) groups excluding carboxylic acids is 2. The Kier molecular flexibility index (Phi) is 4.15. The number of nitrogens with zero attached hydrogens (tertiary/aromatic N) is 2. The summed E-state index contributed by atoms with van der Waals surface area (Å²) in [5.41, 5.74) is 1.31. The van der Waals surface area contributed by atoms with Gasteiger partial charge in [-0.15, -0.1) is 0 Å². The van der Waals surface area contributed by atoms with Crippen LogP contribution in [0, 0.1) is 0 Å². The molecule has 24 heavy (non-hydrogen) atoms. The first kappa shape index (κ1) is 15.5. The monoisotopic (exact) mass is 326 g/mol. The average molecular weight is 326 g/mol. The predicted octanol–water partition coefficient (Wildman–Crippen LogP) is 2.32. The van der Waals surface area contributed by atoms with E-state index in [0.29, 0.717) is 11.3 Å². The molecule has 3 rings (SSSR count). The van der Waals surface area contributed by atoms with Crippen molar-refractivity contribution in [2.75, 3.05) is 19.1 Å². The summed E-state index contributed by atoms with van der Waals surface area (Å²) in [7, 11) is 2.50. The summed E-state index contributed by atoms with van der Waals surface area (Å²) in [6.07, 6.45) is 8.08. The molecule has 0 N–H and O–H groups in total. The third-order valence-corrected chi connectivity index (χ3v) is 3.51. The third-order valence-electron chi connectivity index (χ3n) is 3.51. The fourth-order valence-electron chi connectivity index (χ4n) is 2.36. The number of hydrogen-bond acceptors (Lipinski definition) is 7. The van der Waals surface area contributed by atoms with Crippen molar-refractivity contribution >= 4 is 28.6 Å². The Morgan fingerprint density at radius 3 is 2.67 bits per heavy atom. The van der Waals surface area contributed by atoms with Gasteiger partial charge in [-0.1, -0.05) is 11.2 Å². The molecule has 122 valence electrons. The van der Waals surface area contributed by atoms with Crippen LogP contribution in [0.3, 0.4) is 0 Å². The lowest BCUT2D eigenvalue weighted by atomic mass is 10.1. The average Bonchev–Trinajstić information content (AvgIpc) is 2.97. The molecule has 1 aliphatic rings. The summed E-state index contributed by atoms with van der Waals surface area (Å²) < 4.78 is 14.8. The van der Waals surface area contributed by atoms with Gasteiger partial charge in [-0.25, -0.2) is 9.59 Å². The molecule has 0 aliphatic carbocycles. The Bertz CT molecular complexity index is 891. The second-order valence-corrected chi connectivity index (χ2v) is 4.86. The Morgan fingerprint density at radius 2 is 1.92 bits per heavy atom. The van der Waals surface area contributed by atoms with Crippen molar-refractivity contribution in [1.82, 2.24) is 5.16 Å². The predicted molar refractivity (Wildman–Crippen MR) is 85.8 cm³/mol. The lowest BCUT2D eigenvalue weighted by molar-refractivity contribution is -0.139. The van der Waals surface area contributed by atoms with Crippen LogP contribution < -0.4 is 4.90 Å². The molecular formula is C17H14N2O5. The first-order valence-corrected chi connectivity index (χ1v) is 7.05. The first-order valence-electron chi connectivity index (χ1n) is 7.05. The van der Waals surface area contributed by atoms with Crippen molar-refractivity contribution in [2.45, 2.75) is 0 Å². The number of rotatable bonds is 3. The lowest BCUT2D eigenvalue weighted by Gasteiger charge is -2.22. The van der Waals surface area contributed by atoms with Gasteiger partial charge < -0.3 is 18.9 Å². The minimum atomic E-state index is -0.663. The van der Waals surface area contributed by atoms with Crippen molar-refractivity contribution in [1.29, 1.82) is 0 Å². The minimum Gasteiger partial charge on any atom is -0.465 e. The highest BCUT2D eigenvalue weighted by Gasteiger charge is 2.27. The maximum Gasteiger partial charge on any atom is 0.355 e. The largest absolute Gasteiger partial charge is 0.465 e. The van der Waals surface area contributed by atoms with Crippen LogP contribution in [-0.4, -0.2) is 31.3 Å². The molecular weight excluding hydrogens is 312 g/mol. The van der Waals surface area contributed by atoms with E-state index in [1.807, 2.05) is 0 Å². The van der Waals surface area contributed by atoms with Gasteiger partial charge in [0.2, 0.25) is 0 Å². The van der Waals surface area contributed by atoms with Gasteiger partial charge in [0.25, 0.3) is 0 Å². The molecule has 2 aromatic rings. The van der Waals surface area contributed by atoms with Crippen LogP contribution in [0.25, 0.3) is 11.0 Å². The summed E-state index contributed by atoms with van der Waals surface area (Å²) in [5.74, 6) is -1.30. The third kappa shape index (κ3) is 2.67. The smallest absolute Gasteiger partial charge is 0.355 e. The maximum atomic E-state index is 12.3. The Labute approximate surface area is 137 Å². The topological polar surface area (TPSA) is 81.9 Å². The minimum absolute atomic E-state index is 0.0493. The fraction of sp³-hybridized carbons (Fsp3) is 0.118. The number of esters is 2. The number of aromatic nitrogens is 1. The zero-order chi connectivity index (χ0) is 17.1. The summed E-state index contributed by atoms with van der Waals surface area (Å²) in [6.45, 7) is 0. The van der Waals surface area contributed by atoms with Gasteiger partial charge in [0, 0.05) is 23.3 Å². The lowest BCUT2D eigenvalue weighted by Crippen LogP contribution is -2.26. The van der Waals surface area contributed by atoms with Crippen LogP contribution in [0.5, 0.6) is 0 Å². The van der Waals surface area contributed by atoms with Crippen LogP contribution in [0.2, 0.25) is 0 Å². The van der Waals surface area contributed by atoms with Crippen molar-refractivity contribution in [3.63, 3.8) is 0 Å². The molecule has 0 saturated heterocycles. The van der Waals surface area contributed by atoms with Crippen molar-refractivity contribution < 1.29 is 23.6 Å². The van der Waals surface area contributed by atoms with Crippen LogP contribution in [0.4, 0.5) is 5.69 Å². The van der Waals surface area contributed by atoms with Gasteiger partial charge >= 0.3 is 11.9 Å². The molecule has 2 heterocycles. The zero-order valence-electron chi connectivity index (χ0n) is 13.1. The van der Waals surface area contributed by atoms with E-state index in [1.54, 1.807) is 47.6 Å². The SMILES string of the molecule is COC(=O)C1=C(C(=O)OC)N(c2ccc3cnoc3c2)C=CC=C1. The molecule has 0 radical (unpaired) electrons. The van der Waals surface area contributed by atoms with Gasteiger partial charge in [-0.3, -0.25) is 0 Å². The van der Waals surface area contributed by atoms with Crippen LogP contribution in [0.1, 0.15) is 0 Å². The first-order chi connectivity index (χ1) is 11.7. The molecule has 0 amide bonds. The standard InChI is InChI=1S/C17H14N2O5/c1-22-16(20)13-5-3-4-8-19(15(13)17(21)23-2)12-7-6-11-10-18-24-14(11)9-12/h3-10H,1-2H3. The molecule has 7 nitrogen and oxygen atoms in total. The molecule has 0 spiro atoms. The highest BCUT2D eigenvalue weighted by atomic mass is 16.5. The van der Waals surface area contributed by atoms with Crippen LogP contribution >= 0.6 is 0 Å². The molecule has 0 atom stereocenters. The number of hydrogen-bond donors (Lipinski definition) is 0. The van der Waals surface area contributed by atoms with E-state index in [0.717, 1.165) is 5.39 Å². The zero-order valence-corrected chi connectivity index (χ0v) is 13.1. The molecule has 0 bridgehead atoms. The highest BCUT2D eigenvalue weighted by molar-refractivity contribution is 6.05. The molecule has 0 fully saturated rings. The summed E-state index contributed by atoms with van der Waals surface area (Å²) >= 11 is 0. The van der Waals surface area contributed by atoms with Crippen molar-refractivity contribution in [3.8, 4) is 0 Å². The molecule has 0 saturated carbocycles. The number of ether oxygens (including phenoxy) is 2. The summed E-state index contributed by atoms with van der Waals surface area (Å²) in [6, 6.07) is 5.31. The quantitative estimate of drug-likeness (QED) is 0.801. The number of allylic oxidation sites excluding steroid dienone is 2. The van der Waals surface area contributed by atoms with E-state index >= 15 is 0 Å². The van der Waals surface area contributed by atoms with Gasteiger partial charge in [0.1, 0.15) is 5.70 Å². The van der Waals surface area contributed by atoms with Crippen LogP contribution in [0.15, 0.2) is 64.6 Å². The van der Waals surface area contributed by atoms with E-state index in [1.165, 1.54) is 20.3 Å². The number of fused-ring (bicyclic) bond motifs is 1. The molecule has 1 aromatic heterocycles. The second kappa shape index (κ2) is 6.41. The summed E-state index contributed by atoms with van der Waals surface area (Å²) in [4.78, 5) is 25.9. The normalized spacial score (nSPS) is 14.0. The van der Waals surface area contributed by atoms with E-state index in [4.69, 9.17) is 14.0 Å². The van der Waals surface area contributed by atoms with Crippen molar-refractivity contribution in [2.24, 2.45) is 0 Å². The molecule has 1 aromatic carbocycles. The Balaban J connectivity index is 2.18. The van der Waals surface area contributed by atoms with Gasteiger partial charge in [-0.05, 0) is 24.3 Å².